The smallest absolute Gasteiger partial charge is 0.454 e. The van der Waals surface area contributed by atoms with Crippen LogP contribution in [0, 0.1) is 0 Å². The van der Waals surface area contributed by atoms with Crippen molar-refractivity contribution in [3.05, 3.63) is 65.5 Å². The standard InChI is InChI=1S/C26H30N2O3S/c1-28-22-10-5-6-11-23(22)31-24(26(28)30)18-19-12-14-20(15-13-19)25(29)27-16-7-17-32-21-8-3-2-4-9-21/h5-6,10-15,18,21,23H,2-4,7-9,16-17H2,1H3/p+1/b24-18+. The van der Waals surface area contributed by atoms with Gasteiger partial charge in [0.25, 0.3) is 5.91 Å². The van der Waals surface area contributed by atoms with E-state index in [4.69, 9.17) is 4.74 Å². The van der Waals surface area contributed by atoms with E-state index in [-0.39, 0.29) is 17.9 Å². The third kappa shape index (κ3) is 5.60. The fraction of sp³-hybridized carbons (Fsp3) is 0.423. The first-order chi connectivity index (χ1) is 15.6. The average molecular weight is 452 g/mol. The number of hydrogen-bond donors (Lipinski definition) is 1. The SMILES string of the molecule is C[N+]1=C2C=CC=CC2O/C(=C/c2ccc(C(=O)NCCCSC3CCCCC3)cc2)C1=O. The summed E-state index contributed by atoms with van der Waals surface area (Å²) in [7, 11) is 1.76. The van der Waals surface area contributed by atoms with Crippen molar-refractivity contribution in [1.29, 1.82) is 0 Å². The number of likely N-dealkylation sites (N-methyl/N-ethyl adjacent to an activating group) is 1. The summed E-state index contributed by atoms with van der Waals surface area (Å²) in [4.78, 5) is 25.0. The van der Waals surface area contributed by atoms with Gasteiger partial charge in [-0.1, -0.05) is 43.5 Å². The Balaban J connectivity index is 1.28. The summed E-state index contributed by atoms with van der Waals surface area (Å²) in [6.07, 6.45) is 16.9. The Morgan fingerprint density at radius 2 is 1.97 bits per heavy atom. The summed E-state index contributed by atoms with van der Waals surface area (Å²) in [5.41, 5.74) is 2.27. The zero-order valence-electron chi connectivity index (χ0n) is 18.6. The van der Waals surface area contributed by atoms with Gasteiger partial charge < -0.3 is 10.1 Å². The summed E-state index contributed by atoms with van der Waals surface area (Å²) in [5, 5.41) is 3.83. The Labute approximate surface area is 194 Å². The van der Waals surface area contributed by atoms with Crippen LogP contribution in [0.2, 0.25) is 0 Å². The monoisotopic (exact) mass is 451 g/mol. The van der Waals surface area contributed by atoms with Crippen LogP contribution in [0.1, 0.15) is 54.4 Å². The van der Waals surface area contributed by atoms with Gasteiger partial charge in [0.15, 0.2) is 0 Å². The highest BCUT2D eigenvalue weighted by molar-refractivity contribution is 7.99. The van der Waals surface area contributed by atoms with Gasteiger partial charge in [0.1, 0.15) is 7.05 Å². The molecule has 4 rings (SSSR count). The van der Waals surface area contributed by atoms with Crippen LogP contribution in [-0.4, -0.2) is 52.8 Å². The maximum atomic E-state index is 12.6. The zero-order chi connectivity index (χ0) is 22.3. The molecule has 0 aromatic heterocycles. The molecule has 0 bridgehead atoms. The Kier molecular flexibility index (Phi) is 7.63. The van der Waals surface area contributed by atoms with Crippen molar-refractivity contribution >= 4 is 35.4 Å². The van der Waals surface area contributed by atoms with Crippen LogP contribution in [0.25, 0.3) is 6.08 Å². The number of carbonyl (C=O) groups is 2. The van der Waals surface area contributed by atoms with Gasteiger partial charge in [-0.2, -0.15) is 16.3 Å². The molecule has 1 heterocycles. The summed E-state index contributed by atoms with van der Waals surface area (Å²) in [5.74, 6) is 1.17. The van der Waals surface area contributed by atoms with Crippen LogP contribution < -0.4 is 5.32 Å². The predicted octanol–water partition coefficient (Wildman–Crippen LogP) is 4.35. The van der Waals surface area contributed by atoms with Gasteiger partial charge in [-0.15, -0.1) is 0 Å². The van der Waals surface area contributed by atoms with E-state index in [2.05, 4.69) is 17.1 Å². The number of amides is 2. The molecule has 0 saturated heterocycles. The van der Waals surface area contributed by atoms with Gasteiger partial charge in [0, 0.05) is 23.4 Å². The van der Waals surface area contributed by atoms with Crippen molar-refractivity contribution in [3.8, 4) is 0 Å². The molecular formula is C26H31N2O3S+. The quantitative estimate of drug-likeness (QED) is 0.380. The first-order valence-electron chi connectivity index (χ1n) is 11.5. The van der Waals surface area contributed by atoms with E-state index in [1.807, 2.05) is 36.4 Å². The second-order valence-electron chi connectivity index (χ2n) is 8.44. The molecule has 2 aliphatic carbocycles. The normalized spacial score (nSPS) is 22.1. The van der Waals surface area contributed by atoms with Gasteiger partial charge in [-0.25, -0.2) is 4.79 Å². The Hall–Kier alpha value is -2.60. The van der Waals surface area contributed by atoms with E-state index in [9.17, 15) is 9.59 Å². The van der Waals surface area contributed by atoms with Crippen molar-refractivity contribution in [3.63, 3.8) is 0 Å². The first kappa shape index (κ1) is 22.6. The van der Waals surface area contributed by atoms with Crippen LogP contribution in [0.5, 0.6) is 0 Å². The number of allylic oxidation sites excluding steroid dienone is 2. The zero-order valence-corrected chi connectivity index (χ0v) is 19.4. The topological polar surface area (TPSA) is 58.4 Å². The third-order valence-corrected chi connectivity index (χ3v) is 7.56. The molecule has 1 N–H and O–H groups in total. The maximum absolute atomic E-state index is 12.6. The molecule has 1 saturated carbocycles. The molecule has 168 valence electrons. The van der Waals surface area contributed by atoms with Crippen LogP contribution in [0.4, 0.5) is 0 Å². The van der Waals surface area contributed by atoms with E-state index in [1.165, 1.54) is 32.1 Å². The number of nitrogens with zero attached hydrogens (tertiary/aromatic N) is 1. The van der Waals surface area contributed by atoms with E-state index < -0.39 is 0 Å². The lowest BCUT2D eigenvalue weighted by atomic mass is 10.0. The maximum Gasteiger partial charge on any atom is 0.454 e. The summed E-state index contributed by atoms with van der Waals surface area (Å²) in [6, 6.07) is 7.26. The minimum absolute atomic E-state index is 0.0602. The Morgan fingerprint density at radius 3 is 2.75 bits per heavy atom. The molecule has 3 aliphatic rings. The molecule has 6 heteroatoms. The number of nitrogens with one attached hydrogen (secondary N) is 1. The number of rotatable bonds is 7. The molecular weight excluding hydrogens is 420 g/mol. The van der Waals surface area contributed by atoms with Crippen LogP contribution >= 0.6 is 11.8 Å². The van der Waals surface area contributed by atoms with E-state index in [0.717, 1.165) is 28.7 Å². The molecule has 1 unspecified atom stereocenters. The lowest BCUT2D eigenvalue weighted by Crippen LogP contribution is -2.40. The van der Waals surface area contributed by atoms with Gasteiger partial charge in [-0.05, 0) is 54.9 Å². The third-order valence-electron chi connectivity index (χ3n) is 6.10. The lowest BCUT2D eigenvalue weighted by molar-refractivity contribution is -0.424. The molecule has 1 aromatic rings. The second kappa shape index (κ2) is 10.8. The molecule has 32 heavy (non-hydrogen) atoms. The molecule has 0 radical (unpaired) electrons. The van der Waals surface area contributed by atoms with Gasteiger partial charge in [-0.3, -0.25) is 4.79 Å². The van der Waals surface area contributed by atoms with Crippen LogP contribution in [0.3, 0.4) is 0 Å². The Bertz CT molecular complexity index is 969. The summed E-state index contributed by atoms with van der Waals surface area (Å²) >= 11 is 2.06. The number of benzene rings is 1. The lowest BCUT2D eigenvalue weighted by Gasteiger charge is -2.21. The van der Waals surface area contributed by atoms with Gasteiger partial charge in [0.2, 0.25) is 17.6 Å². The molecule has 1 aromatic carbocycles. The van der Waals surface area contributed by atoms with Crippen LogP contribution in [-0.2, 0) is 9.53 Å². The molecule has 2 amide bonds. The van der Waals surface area contributed by atoms with Crippen molar-refractivity contribution < 1.29 is 18.9 Å². The van der Waals surface area contributed by atoms with E-state index >= 15 is 0 Å². The summed E-state index contributed by atoms with van der Waals surface area (Å²) < 4.78 is 7.51. The summed E-state index contributed by atoms with van der Waals surface area (Å²) in [6.45, 7) is 0.696. The number of fused-ring (bicyclic) bond motifs is 1. The minimum atomic E-state index is -0.254. The molecule has 1 fully saturated rings. The number of thioether (sulfide) groups is 1. The largest absolute Gasteiger partial charge is 0.465 e. The van der Waals surface area contributed by atoms with Crippen molar-refractivity contribution in [2.24, 2.45) is 0 Å². The van der Waals surface area contributed by atoms with Crippen molar-refractivity contribution in [2.75, 3.05) is 19.3 Å². The highest BCUT2D eigenvalue weighted by atomic mass is 32.2. The molecule has 1 aliphatic heterocycles. The molecule has 1 atom stereocenters. The van der Waals surface area contributed by atoms with Gasteiger partial charge >= 0.3 is 5.91 Å². The fourth-order valence-electron chi connectivity index (χ4n) is 4.22. The van der Waals surface area contributed by atoms with E-state index in [0.29, 0.717) is 17.9 Å². The predicted molar refractivity (Wildman–Crippen MR) is 130 cm³/mol. The Morgan fingerprint density at radius 1 is 1.19 bits per heavy atom. The van der Waals surface area contributed by atoms with Gasteiger partial charge in [0.05, 0.1) is 0 Å². The average Bonchev–Trinajstić information content (AvgIpc) is 2.83. The van der Waals surface area contributed by atoms with E-state index in [1.54, 1.807) is 29.8 Å². The second-order valence-corrected chi connectivity index (χ2v) is 9.85. The number of ether oxygens (including phenoxy) is 1. The fourth-order valence-corrected chi connectivity index (χ4v) is 5.53. The minimum Gasteiger partial charge on any atom is -0.465 e. The molecule has 5 nitrogen and oxygen atoms in total. The molecule has 0 spiro atoms. The van der Waals surface area contributed by atoms with Crippen molar-refractivity contribution in [1.82, 2.24) is 5.32 Å². The highest BCUT2D eigenvalue weighted by Crippen LogP contribution is 2.28. The number of carbonyl (C=O) groups excluding carboxylic acids is 2. The highest BCUT2D eigenvalue weighted by Gasteiger charge is 2.37. The number of hydrogen-bond acceptors (Lipinski definition) is 4. The van der Waals surface area contributed by atoms with Crippen LogP contribution in [0.15, 0.2) is 54.3 Å². The first-order valence-corrected chi connectivity index (χ1v) is 12.5. The van der Waals surface area contributed by atoms with Crippen molar-refractivity contribution in [2.45, 2.75) is 49.9 Å².